The summed E-state index contributed by atoms with van der Waals surface area (Å²) in [6, 6.07) is 5.58. The minimum absolute atomic E-state index is 0.692. The Kier molecular flexibility index (Phi) is 4.51. The highest BCUT2D eigenvalue weighted by Crippen LogP contribution is 2.28. The van der Waals surface area contributed by atoms with Crippen molar-refractivity contribution in [1.29, 1.82) is 0 Å². The number of nitrogen functional groups attached to an aromatic ring is 1. The number of benzene rings is 1. The molecular weight excluding hydrogens is 236 g/mol. The van der Waals surface area contributed by atoms with Crippen molar-refractivity contribution in [3.63, 3.8) is 0 Å². The molecule has 94 valence electrons. The molecule has 2 rings (SSSR count). The van der Waals surface area contributed by atoms with Crippen LogP contribution in [-0.2, 0) is 4.74 Å². The summed E-state index contributed by atoms with van der Waals surface area (Å²) in [5, 5.41) is 4.02. The SMILES string of the molecule is Nc1cccc(Cl)c1NCCC1CCOCC1. The van der Waals surface area contributed by atoms with E-state index in [1.807, 2.05) is 18.2 Å². The molecule has 1 saturated heterocycles. The number of hydrogen-bond donors (Lipinski definition) is 2. The van der Waals surface area contributed by atoms with Gasteiger partial charge in [-0.05, 0) is 37.3 Å². The Morgan fingerprint density at radius 1 is 1.35 bits per heavy atom. The monoisotopic (exact) mass is 254 g/mol. The number of nitrogens with two attached hydrogens (primary N) is 1. The van der Waals surface area contributed by atoms with Crippen molar-refractivity contribution in [2.24, 2.45) is 5.92 Å². The predicted molar refractivity (Wildman–Crippen MR) is 72.5 cm³/mol. The molecule has 0 bridgehead atoms. The average molecular weight is 255 g/mol. The highest BCUT2D eigenvalue weighted by Gasteiger charge is 2.13. The number of rotatable bonds is 4. The number of nitrogens with one attached hydrogen (secondary N) is 1. The zero-order valence-corrected chi connectivity index (χ0v) is 10.7. The van der Waals surface area contributed by atoms with E-state index in [1.165, 1.54) is 12.8 Å². The number of halogens is 1. The van der Waals surface area contributed by atoms with Crippen LogP contribution in [0.3, 0.4) is 0 Å². The van der Waals surface area contributed by atoms with Gasteiger partial charge in [-0.15, -0.1) is 0 Å². The number of para-hydroxylation sites is 1. The lowest BCUT2D eigenvalue weighted by atomic mass is 9.97. The van der Waals surface area contributed by atoms with Gasteiger partial charge < -0.3 is 15.8 Å². The molecule has 0 atom stereocenters. The maximum Gasteiger partial charge on any atom is 0.0763 e. The molecule has 1 heterocycles. The number of hydrogen-bond acceptors (Lipinski definition) is 3. The second-order valence-electron chi connectivity index (χ2n) is 4.48. The predicted octanol–water partition coefficient (Wildman–Crippen LogP) is 3.15. The summed E-state index contributed by atoms with van der Waals surface area (Å²) < 4.78 is 5.34. The molecule has 1 aliphatic rings. The molecule has 0 amide bonds. The molecule has 0 unspecified atom stereocenters. The van der Waals surface area contributed by atoms with E-state index in [2.05, 4.69) is 5.32 Å². The third-order valence-electron chi connectivity index (χ3n) is 3.24. The Hall–Kier alpha value is -0.930. The van der Waals surface area contributed by atoms with Gasteiger partial charge in [0.15, 0.2) is 0 Å². The zero-order chi connectivity index (χ0) is 12.1. The quantitative estimate of drug-likeness (QED) is 0.812. The first-order valence-corrected chi connectivity index (χ1v) is 6.51. The van der Waals surface area contributed by atoms with Crippen LogP contribution < -0.4 is 11.1 Å². The van der Waals surface area contributed by atoms with Crippen molar-refractivity contribution < 1.29 is 4.74 Å². The zero-order valence-electron chi connectivity index (χ0n) is 9.92. The second kappa shape index (κ2) is 6.12. The average Bonchev–Trinajstić information content (AvgIpc) is 2.34. The summed E-state index contributed by atoms with van der Waals surface area (Å²) >= 11 is 6.09. The fourth-order valence-electron chi connectivity index (χ4n) is 2.16. The lowest BCUT2D eigenvalue weighted by molar-refractivity contribution is 0.0649. The molecule has 0 saturated carbocycles. The van der Waals surface area contributed by atoms with Crippen LogP contribution in [0.2, 0.25) is 5.02 Å². The van der Waals surface area contributed by atoms with Crippen molar-refractivity contribution in [2.75, 3.05) is 30.8 Å². The maximum absolute atomic E-state index is 6.09. The van der Waals surface area contributed by atoms with E-state index in [9.17, 15) is 0 Å². The second-order valence-corrected chi connectivity index (χ2v) is 4.88. The first-order chi connectivity index (χ1) is 8.27. The van der Waals surface area contributed by atoms with Gasteiger partial charge in [-0.2, -0.15) is 0 Å². The van der Waals surface area contributed by atoms with Crippen LogP contribution in [-0.4, -0.2) is 19.8 Å². The van der Waals surface area contributed by atoms with Gasteiger partial charge in [-0.3, -0.25) is 0 Å². The Balaban J connectivity index is 1.81. The Labute approximate surface area is 107 Å². The normalized spacial score (nSPS) is 17.0. The Bertz CT molecular complexity index is 344. The van der Waals surface area contributed by atoms with E-state index >= 15 is 0 Å². The van der Waals surface area contributed by atoms with Crippen LogP contribution in [0.4, 0.5) is 11.4 Å². The molecule has 4 heteroatoms. The van der Waals surface area contributed by atoms with E-state index in [0.717, 1.165) is 37.8 Å². The topological polar surface area (TPSA) is 47.3 Å². The molecular formula is C13H19ClN2O. The van der Waals surface area contributed by atoms with Crippen LogP contribution in [0, 0.1) is 5.92 Å². The first-order valence-electron chi connectivity index (χ1n) is 6.13. The number of ether oxygens (including phenoxy) is 1. The lowest BCUT2D eigenvalue weighted by Gasteiger charge is -2.22. The van der Waals surface area contributed by atoms with Gasteiger partial charge in [-0.25, -0.2) is 0 Å². The van der Waals surface area contributed by atoms with Gasteiger partial charge in [0.25, 0.3) is 0 Å². The van der Waals surface area contributed by atoms with E-state index in [-0.39, 0.29) is 0 Å². The summed E-state index contributed by atoms with van der Waals surface area (Å²) in [5.41, 5.74) is 7.45. The van der Waals surface area contributed by atoms with Crippen molar-refractivity contribution >= 4 is 23.0 Å². The van der Waals surface area contributed by atoms with Crippen LogP contribution in [0.15, 0.2) is 18.2 Å². The van der Waals surface area contributed by atoms with Crippen LogP contribution in [0.25, 0.3) is 0 Å². The van der Waals surface area contributed by atoms with Gasteiger partial charge in [-0.1, -0.05) is 17.7 Å². The van der Waals surface area contributed by atoms with E-state index in [1.54, 1.807) is 0 Å². The van der Waals surface area contributed by atoms with Crippen molar-refractivity contribution in [2.45, 2.75) is 19.3 Å². The minimum atomic E-state index is 0.692. The molecule has 1 aliphatic heterocycles. The van der Waals surface area contributed by atoms with Crippen LogP contribution in [0.1, 0.15) is 19.3 Å². The molecule has 0 radical (unpaired) electrons. The van der Waals surface area contributed by atoms with Crippen LogP contribution >= 0.6 is 11.6 Å². The lowest BCUT2D eigenvalue weighted by Crippen LogP contribution is -2.18. The number of anilines is 2. The van der Waals surface area contributed by atoms with E-state index < -0.39 is 0 Å². The highest BCUT2D eigenvalue weighted by atomic mass is 35.5. The Morgan fingerprint density at radius 2 is 2.12 bits per heavy atom. The molecule has 0 spiro atoms. The van der Waals surface area contributed by atoms with Crippen molar-refractivity contribution in [3.05, 3.63) is 23.2 Å². The molecule has 3 N–H and O–H groups in total. The minimum Gasteiger partial charge on any atom is -0.397 e. The van der Waals surface area contributed by atoms with Crippen molar-refractivity contribution in [1.82, 2.24) is 0 Å². The molecule has 0 aliphatic carbocycles. The first kappa shape index (κ1) is 12.5. The van der Waals surface area contributed by atoms with Gasteiger partial charge >= 0.3 is 0 Å². The molecule has 3 nitrogen and oxygen atoms in total. The van der Waals surface area contributed by atoms with Crippen molar-refractivity contribution in [3.8, 4) is 0 Å². The molecule has 1 aromatic carbocycles. The summed E-state index contributed by atoms with van der Waals surface area (Å²) in [7, 11) is 0. The summed E-state index contributed by atoms with van der Waals surface area (Å²) in [4.78, 5) is 0. The third-order valence-corrected chi connectivity index (χ3v) is 3.56. The molecule has 1 aromatic rings. The fraction of sp³-hybridized carbons (Fsp3) is 0.538. The maximum atomic E-state index is 6.09. The summed E-state index contributed by atoms with van der Waals surface area (Å²) in [6.45, 7) is 2.72. The smallest absolute Gasteiger partial charge is 0.0763 e. The summed E-state index contributed by atoms with van der Waals surface area (Å²) in [6.07, 6.45) is 3.48. The Morgan fingerprint density at radius 3 is 2.82 bits per heavy atom. The van der Waals surface area contributed by atoms with Gasteiger partial charge in [0, 0.05) is 19.8 Å². The molecule has 1 fully saturated rings. The molecule has 17 heavy (non-hydrogen) atoms. The third kappa shape index (κ3) is 3.51. The van der Waals surface area contributed by atoms with Gasteiger partial charge in [0.05, 0.1) is 16.4 Å². The fourth-order valence-corrected chi connectivity index (χ4v) is 2.41. The largest absolute Gasteiger partial charge is 0.397 e. The summed E-state index contributed by atoms with van der Waals surface area (Å²) in [5.74, 6) is 0.764. The van der Waals surface area contributed by atoms with Crippen LogP contribution in [0.5, 0.6) is 0 Å². The van der Waals surface area contributed by atoms with E-state index in [4.69, 9.17) is 22.1 Å². The van der Waals surface area contributed by atoms with E-state index in [0.29, 0.717) is 10.7 Å². The van der Waals surface area contributed by atoms with Gasteiger partial charge in [0.1, 0.15) is 0 Å². The van der Waals surface area contributed by atoms with Gasteiger partial charge in [0.2, 0.25) is 0 Å². The highest BCUT2D eigenvalue weighted by molar-refractivity contribution is 6.33. The molecule has 0 aromatic heterocycles. The standard InChI is InChI=1S/C13H19ClN2O/c14-11-2-1-3-12(15)13(11)16-7-4-10-5-8-17-9-6-10/h1-3,10,16H,4-9,15H2.